The lowest BCUT2D eigenvalue weighted by atomic mass is 10.1. The van der Waals surface area contributed by atoms with E-state index in [1.54, 1.807) is 24.3 Å². The van der Waals surface area contributed by atoms with E-state index < -0.39 is 11.7 Å². The van der Waals surface area contributed by atoms with Crippen LogP contribution in [0.25, 0.3) is 0 Å². The first-order valence-electron chi connectivity index (χ1n) is 7.60. The van der Waals surface area contributed by atoms with E-state index in [1.807, 2.05) is 18.4 Å². The maximum absolute atomic E-state index is 14.0. The summed E-state index contributed by atoms with van der Waals surface area (Å²) < 4.78 is 14.0. The maximum atomic E-state index is 14.0. The van der Waals surface area contributed by atoms with Crippen molar-refractivity contribution in [3.63, 3.8) is 0 Å². The number of hydrogen-bond acceptors (Lipinski definition) is 4. The Hall–Kier alpha value is -3.48. The lowest BCUT2D eigenvalue weighted by Crippen LogP contribution is -2.14. The molecular formula is C20H12FN3OS. The molecule has 1 N–H and O–H groups in total. The van der Waals surface area contributed by atoms with Gasteiger partial charge in [0.25, 0.3) is 5.91 Å². The average molecular weight is 361 g/mol. The first-order valence-corrected chi connectivity index (χ1v) is 8.48. The molecule has 0 aliphatic heterocycles. The average Bonchev–Trinajstić information content (AvgIpc) is 3.07. The summed E-state index contributed by atoms with van der Waals surface area (Å²) in [4.78, 5) is 16.6. The molecule has 0 atom stereocenters. The van der Waals surface area contributed by atoms with Crippen LogP contribution >= 0.6 is 11.3 Å². The van der Waals surface area contributed by atoms with Crippen molar-refractivity contribution in [3.05, 3.63) is 81.1 Å². The van der Waals surface area contributed by atoms with Crippen LogP contribution < -0.4 is 5.32 Å². The number of nitriles is 1. The van der Waals surface area contributed by atoms with Crippen molar-refractivity contribution in [1.82, 2.24) is 4.98 Å². The van der Waals surface area contributed by atoms with E-state index in [1.165, 1.54) is 29.5 Å². The molecule has 26 heavy (non-hydrogen) atoms. The Kier molecular flexibility index (Phi) is 5.07. The lowest BCUT2D eigenvalue weighted by Gasteiger charge is -2.06. The highest BCUT2D eigenvalue weighted by molar-refractivity contribution is 7.09. The van der Waals surface area contributed by atoms with Crippen LogP contribution in [-0.4, -0.2) is 10.9 Å². The topological polar surface area (TPSA) is 65.8 Å². The number of rotatable bonds is 2. The van der Waals surface area contributed by atoms with E-state index in [4.69, 9.17) is 5.26 Å². The summed E-state index contributed by atoms with van der Waals surface area (Å²) in [5, 5.41) is 14.1. The van der Waals surface area contributed by atoms with Crippen LogP contribution in [0.1, 0.15) is 32.2 Å². The number of anilines is 1. The summed E-state index contributed by atoms with van der Waals surface area (Å²) in [6.07, 6.45) is 0. The Morgan fingerprint density at radius 1 is 1.15 bits per heavy atom. The number of thiazole rings is 1. The zero-order chi connectivity index (χ0) is 18.5. The van der Waals surface area contributed by atoms with Crippen LogP contribution in [0.15, 0.2) is 47.8 Å². The van der Waals surface area contributed by atoms with Crippen molar-refractivity contribution in [2.24, 2.45) is 0 Å². The minimum atomic E-state index is -0.633. The van der Waals surface area contributed by atoms with Crippen LogP contribution in [0, 0.1) is 35.9 Å². The summed E-state index contributed by atoms with van der Waals surface area (Å²) in [5.41, 5.74) is 2.00. The quantitative estimate of drug-likeness (QED) is 0.699. The molecule has 3 aromatic rings. The van der Waals surface area contributed by atoms with Crippen molar-refractivity contribution >= 4 is 22.9 Å². The van der Waals surface area contributed by atoms with Gasteiger partial charge in [-0.3, -0.25) is 4.79 Å². The van der Waals surface area contributed by atoms with Gasteiger partial charge in [0.2, 0.25) is 0 Å². The van der Waals surface area contributed by atoms with Crippen LogP contribution in [0.2, 0.25) is 0 Å². The predicted molar refractivity (Wildman–Crippen MR) is 98.3 cm³/mol. The van der Waals surface area contributed by atoms with E-state index in [-0.39, 0.29) is 5.56 Å². The zero-order valence-corrected chi connectivity index (χ0v) is 14.5. The molecule has 1 heterocycles. The van der Waals surface area contributed by atoms with Gasteiger partial charge < -0.3 is 5.32 Å². The second-order valence-electron chi connectivity index (χ2n) is 5.34. The molecule has 0 bridgehead atoms. The minimum Gasteiger partial charge on any atom is -0.322 e. The molecule has 0 fully saturated rings. The molecule has 6 heteroatoms. The van der Waals surface area contributed by atoms with Gasteiger partial charge in [0.1, 0.15) is 11.5 Å². The zero-order valence-electron chi connectivity index (χ0n) is 13.7. The SMILES string of the molecule is Cc1nc(C#Cc2ccc(F)c(C(=O)Nc3ccc(C#N)cc3)c2)cs1. The largest absolute Gasteiger partial charge is 0.322 e. The molecule has 0 spiro atoms. The molecule has 1 aromatic heterocycles. The Morgan fingerprint density at radius 2 is 1.88 bits per heavy atom. The van der Waals surface area contributed by atoms with E-state index in [9.17, 15) is 9.18 Å². The molecule has 126 valence electrons. The number of aromatic nitrogens is 1. The van der Waals surface area contributed by atoms with Crippen LogP contribution in [0.3, 0.4) is 0 Å². The van der Waals surface area contributed by atoms with Gasteiger partial charge in [-0.1, -0.05) is 5.92 Å². The summed E-state index contributed by atoms with van der Waals surface area (Å²) in [5.74, 6) is 4.57. The molecule has 0 aliphatic rings. The Bertz CT molecular complexity index is 1070. The second-order valence-corrected chi connectivity index (χ2v) is 6.40. The molecule has 0 aliphatic carbocycles. The van der Waals surface area contributed by atoms with Crippen LogP contribution in [0.5, 0.6) is 0 Å². The van der Waals surface area contributed by atoms with Crippen LogP contribution in [0.4, 0.5) is 10.1 Å². The molecule has 0 saturated carbocycles. The monoisotopic (exact) mass is 361 g/mol. The predicted octanol–water partition coefficient (Wildman–Crippen LogP) is 4.11. The number of hydrogen-bond donors (Lipinski definition) is 1. The highest BCUT2D eigenvalue weighted by Crippen LogP contribution is 2.15. The fourth-order valence-corrected chi connectivity index (χ4v) is 2.71. The summed E-state index contributed by atoms with van der Waals surface area (Å²) >= 11 is 1.50. The molecule has 0 unspecified atom stereocenters. The number of halogens is 1. The van der Waals surface area contributed by atoms with Gasteiger partial charge in [-0.15, -0.1) is 11.3 Å². The number of aryl methyl sites for hydroxylation is 1. The van der Waals surface area contributed by atoms with Gasteiger partial charge in [-0.2, -0.15) is 5.26 Å². The fraction of sp³-hybridized carbons (Fsp3) is 0.0500. The smallest absolute Gasteiger partial charge is 0.258 e. The molecule has 4 nitrogen and oxygen atoms in total. The van der Waals surface area contributed by atoms with Crippen molar-refractivity contribution in [2.75, 3.05) is 5.32 Å². The van der Waals surface area contributed by atoms with Gasteiger partial charge in [-0.05, 0) is 55.3 Å². The Morgan fingerprint density at radius 3 is 2.54 bits per heavy atom. The molecular weight excluding hydrogens is 349 g/mol. The summed E-state index contributed by atoms with van der Waals surface area (Å²) in [6.45, 7) is 1.89. The normalized spacial score (nSPS) is 9.73. The molecule has 2 aromatic carbocycles. The maximum Gasteiger partial charge on any atom is 0.258 e. The van der Waals surface area contributed by atoms with Crippen molar-refractivity contribution in [1.29, 1.82) is 5.26 Å². The van der Waals surface area contributed by atoms with Gasteiger partial charge in [0.15, 0.2) is 0 Å². The van der Waals surface area contributed by atoms with E-state index >= 15 is 0 Å². The number of amides is 1. The van der Waals surface area contributed by atoms with Crippen molar-refractivity contribution in [3.8, 4) is 17.9 Å². The number of benzene rings is 2. The third kappa shape index (κ3) is 4.13. The van der Waals surface area contributed by atoms with Gasteiger partial charge in [-0.25, -0.2) is 9.37 Å². The standard InChI is InChI=1S/C20H12FN3OS/c1-13-23-17(12-26-13)8-2-14-5-9-19(21)18(10-14)20(25)24-16-6-3-15(11-22)4-7-16/h3-7,9-10,12H,1H3,(H,24,25). The molecule has 1 amide bonds. The van der Waals surface area contributed by atoms with Crippen molar-refractivity contribution < 1.29 is 9.18 Å². The highest BCUT2D eigenvalue weighted by Gasteiger charge is 2.12. The Balaban J connectivity index is 1.81. The van der Waals surface area contributed by atoms with Gasteiger partial charge in [0.05, 0.1) is 22.2 Å². The van der Waals surface area contributed by atoms with Crippen molar-refractivity contribution in [2.45, 2.75) is 6.92 Å². The number of nitrogens with zero attached hydrogens (tertiary/aromatic N) is 2. The Labute approximate surface area is 153 Å². The van der Waals surface area contributed by atoms with E-state index in [0.717, 1.165) is 5.01 Å². The summed E-state index contributed by atoms with van der Waals surface area (Å²) in [7, 11) is 0. The lowest BCUT2D eigenvalue weighted by molar-refractivity contribution is 0.102. The third-order valence-electron chi connectivity index (χ3n) is 3.44. The summed E-state index contributed by atoms with van der Waals surface area (Å²) in [6, 6.07) is 12.4. The number of carbonyl (C=O) groups is 1. The van der Waals surface area contributed by atoms with Gasteiger partial charge >= 0.3 is 0 Å². The molecule has 0 saturated heterocycles. The highest BCUT2D eigenvalue weighted by atomic mass is 32.1. The van der Waals surface area contributed by atoms with Crippen LogP contribution in [-0.2, 0) is 0 Å². The van der Waals surface area contributed by atoms with E-state index in [0.29, 0.717) is 22.5 Å². The fourth-order valence-electron chi connectivity index (χ4n) is 2.16. The third-order valence-corrected chi connectivity index (χ3v) is 4.21. The molecule has 3 rings (SSSR count). The number of nitrogens with one attached hydrogen (secondary N) is 1. The number of carbonyl (C=O) groups excluding carboxylic acids is 1. The first-order chi connectivity index (χ1) is 12.5. The molecule has 0 radical (unpaired) electrons. The second kappa shape index (κ2) is 7.60. The first kappa shape index (κ1) is 17.3. The minimum absolute atomic E-state index is 0.101. The van der Waals surface area contributed by atoms with E-state index in [2.05, 4.69) is 22.1 Å². The van der Waals surface area contributed by atoms with Gasteiger partial charge in [0, 0.05) is 16.6 Å².